The number of nitrogens with zero attached hydrogens (tertiary/aromatic N) is 2. The van der Waals surface area contributed by atoms with Crippen LogP contribution in [-0.2, 0) is 13.6 Å². The highest BCUT2D eigenvalue weighted by molar-refractivity contribution is 9.10. The molecule has 1 N–H and O–H groups in total. The molecule has 0 bridgehead atoms. The number of hydrogen-bond donors (Lipinski definition) is 1. The largest absolute Gasteiger partial charge is 0.491 e. The molecular weight excluding hydrogens is 272 g/mol. The number of fused-ring (bicyclic) bond motifs is 1. The van der Waals surface area contributed by atoms with Gasteiger partial charge in [-0.15, -0.1) is 0 Å². The number of benzene rings is 1. The molecular formula is C11H13BrN2O2. The Hall–Kier alpha value is -1.07. The summed E-state index contributed by atoms with van der Waals surface area (Å²) in [7, 11) is 1.57. The minimum atomic E-state index is -2.59. The van der Waals surface area contributed by atoms with E-state index in [1.165, 1.54) is 11.5 Å². The van der Waals surface area contributed by atoms with Gasteiger partial charge in [0.05, 0.1) is 17.6 Å². The second kappa shape index (κ2) is 4.43. The summed E-state index contributed by atoms with van der Waals surface area (Å²) in [5.41, 5.74) is 0.806. The van der Waals surface area contributed by atoms with Crippen LogP contribution >= 0.6 is 15.9 Å². The zero-order valence-corrected chi connectivity index (χ0v) is 10.4. The molecule has 16 heavy (non-hydrogen) atoms. The third-order valence-electron chi connectivity index (χ3n) is 2.23. The average Bonchev–Trinajstić information content (AvgIpc) is 2.53. The van der Waals surface area contributed by atoms with Crippen molar-refractivity contribution < 1.29 is 15.3 Å². The molecule has 0 amide bonds. The van der Waals surface area contributed by atoms with E-state index < -0.39 is 13.1 Å². The Morgan fingerprint density at radius 3 is 3.00 bits per heavy atom. The van der Waals surface area contributed by atoms with Crippen molar-refractivity contribution in [2.24, 2.45) is 7.05 Å². The van der Waals surface area contributed by atoms with Crippen LogP contribution in [0.4, 0.5) is 0 Å². The molecule has 4 nitrogen and oxygen atoms in total. The molecule has 0 unspecified atom stereocenters. The minimum absolute atomic E-state index is 0.174. The topological polar surface area (TPSA) is 47.3 Å². The van der Waals surface area contributed by atoms with Gasteiger partial charge in [-0.1, -0.05) is 15.9 Å². The monoisotopic (exact) mass is 288 g/mol. The van der Waals surface area contributed by atoms with Gasteiger partial charge in [0.2, 0.25) is 0 Å². The third kappa shape index (κ3) is 1.81. The number of rotatable bonds is 3. The number of imidazole rings is 1. The summed E-state index contributed by atoms with van der Waals surface area (Å²) >= 11 is 3.28. The van der Waals surface area contributed by atoms with Crippen molar-refractivity contribution in [1.29, 1.82) is 0 Å². The Morgan fingerprint density at radius 1 is 1.62 bits per heavy atom. The molecule has 1 aromatic carbocycles. The molecule has 0 fully saturated rings. The highest BCUT2D eigenvalue weighted by Crippen LogP contribution is 2.30. The Morgan fingerprint density at radius 2 is 2.38 bits per heavy atom. The first-order valence-corrected chi connectivity index (χ1v) is 5.36. The van der Waals surface area contributed by atoms with Crippen molar-refractivity contribution in [3.63, 3.8) is 0 Å². The maximum absolute atomic E-state index is 9.49. The highest BCUT2D eigenvalue weighted by atomic mass is 79.9. The lowest BCUT2D eigenvalue weighted by Gasteiger charge is -2.05. The highest BCUT2D eigenvalue weighted by Gasteiger charge is 2.12. The number of aryl methyl sites for hydroxylation is 1. The molecule has 2 aromatic rings. The first-order chi connectivity index (χ1) is 8.99. The number of halogens is 1. The number of aromatic nitrogens is 2. The van der Waals surface area contributed by atoms with Crippen molar-refractivity contribution in [3.05, 3.63) is 22.4 Å². The van der Waals surface area contributed by atoms with Crippen molar-refractivity contribution in [2.75, 3.05) is 6.56 Å². The van der Waals surface area contributed by atoms with E-state index in [0.29, 0.717) is 9.99 Å². The van der Waals surface area contributed by atoms with Gasteiger partial charge in [0.1, 0.15) is 23.6 Å². The van der Waals surface area contributed by atoms with E-state index in [4.69, 9.17) is 10.2 Å². The van der Waals surface area contributed by atoms with Gasteiger partial charge in [-0.05, 0) is 19.1 Å². The summed E-state index contributed by atoms with van der Waals surface area (Å²) in [6.07, 6.45) is 0. The summed E-state index contributed by atoms with van der Waals surface area (Å²) in [5, 5.41) is 9.49. The van der Waals surface area contributed by atoms with E-state index in [9.17, 15) is 5.11 Å². The second-order valence-corrected chi connectivity index (χ2v) is 4.10. The van der Waals surface area contributed by atoms with Gasteiger partial charge in [-0.3, -0.25) is 0 Å². The van der Waals surface area contributed by atoms with Crippen LogP contribution in [0.2, 0.25) is 0 Å². The Kier molecular flexibility index (Phi) is 2.02. The van der Waals surface area contributed by atoms with Crippen LogP contribution in [0.5, 0.6) is 5.75 Å². The molecule has 0 aliphatic carbocycles. The molecule has 0 saturated heterocycles. The molecule has 2 rings (SSSR count). The fourth-order valence-corrected chi connectivity index (χ4v) is 1.94. The van der Waals surface area contributed by atoms with Crippen molar-refractivity contribution in [1.82, 2.24) is 9.55 Å². The maximum atomic E-state index is 9.49. The van der Waals surface area contributed by atoms with E-state index >= 15 is 0 Å². The lowest BCUT2D eigenvalue weighted by molar-refractivity contribution is 0.268. The van der Waals surface area contributed by atoms with Gasteiger partial charge >= 0.3 is 0 Å². The van der Waals surface area contributed by atoms with Crippen LogP contribution in [-0.4, -0.2) is 21.2 Å². The van der Waals surface area contributed by atoms with Gasteiger partial charge in [0.25, 0.3) is 0 Å². The van der Waals surface area contributed by atoms with Gasteiger partial charge in [-0.2, -0.15) is 0 Å². The van der Waals surface area contributed by atoms with Crippen LogP contribution in [0.1, 0.15) is 18.2 Å². The van der Waals surface area contributed by atoms with Crippen LogP contribution < -0.4 is 4.74 Å². The molecule has 5 heteroatoms. The molecule has 0 spiro atoms. The molecule has 1 aromatic heterocycles. The molecule has 0 atom stereocenters. The predicted molar refractivity (Wildman–Crippen MR) is 65.5 cm³/mol. The number of hydrogen-bond acceptors (Lipinski definition) is 3. The first-order valence-electron chi connectivity index (χ1n) is 6.57. The molecule has 0 aliphatic rings. The summed E-state index contributed by atoms with van der Waals surface area (Å²) in [6, 6.07) is 3.24. The van der Waals surface area contributed by atoms with Crippen molar-refractivity contribution >= 4 is 27.0 Å². The van der Waals surface area contributed by atoms with Gasteiger partial charge in [0.15, 0.2) is 0 Å². The van der Waals surface area contributed by atoms with Gasteiger partial charge < -0.3 is 14.4 Å². The first kappa shape index (κ1) is 7.29. The molecule has 1 heterocycles. The summed E-state index contributed by atoms with van der Waals surface area (Å²) in [6.45, 7) is -3.23. The van der Waals surface area contributed by atoms with E-state index in [0.717, 1.165) is 0 Å². The van der Waals surface area contributed by atoms with Gasteiger partial charge in [-0.25, -0.2) is 4.98 Å². The summed E-state index contributed by atoms with van der Waals surface area (Å²) < 4.78 is 36.9. The normalized spacial score (nSPS) is 16.5. The zero-order chi connectivity index (χ0) is 15.3. The van der Waals surface area contributed by atoms with E-state index in [1.54, 1.807) is 19.2 Å². The average molecular weight is 289 g/mol. The number of aliphatic hydroxyl groups is 1. The van der Waals surface area contributed by atoms with Crippen LogP contribution in [0.15, 0.2) is 16.6 Å². The van der Waals surface area contributed by atoms with Crippen LogP contribution in [0.3, 0.4) is 0 Å². The van der Waals surface area contributed by atoms with Gasteiger partial charge in [0, 0.05) is 11.5 Å². The Labute approximate surface area is 108 Å². The smallest absolute Gasteiger partial charge is 0.148 e. The maximum Gasteiger partial charge on any atom is 0.148 e. The predicted octanol–water partition coefficient (Wildman–Crippen LogP) is 2.23. The summed E-state index contributed by atoms with van der Waals surface area (Å²) in [5.74, 6) is 0.0000827. The molecule has 0 saturated carbocycles. The summed E-state index contributed by atoms with van der Waals surface area (Å²) in [4.78, 5) is 4.03. The molecule has 0 radical (unpaired) electrons. The van der Waals surface area contributed by atoms with Crippen molar-refractivity contribution in [2.45, 2.75) is 13.5 Å². The fourth-order valence-electron chi connectivity index (χ4n) is 1.51. The van der Waals surface area contributed by atoms with E-state index in [-0.39, 0.29) is 17.1 Å². The Bertz CT molecular complexity index is 661. The van der Waals surface area contributed by atoms with Crippen LogP contribution in [0.25, 0.3) is 11.0 Å². The third-order valence-corrected chi connectivity index (χ3v) is 2.69. The Balaban J connectivity index is 2.71. The quantitative estimate of drug-likeness (QED) is 0.942. The lowest BCUT2D eigenvalue weighted by Crippen LogP contribution is -1.96. The SMILES string of the molecule is [2H]C([2H])(C)Oc1cc(Br)cc2c1nc(C([2H])([2H])O)n2C. The molecule has 86 valence electrons. The molecule has 0 aliphatic heterocycles. The number of ether oxygens (including phenoxy) is 1. The van der Waals surface area contributed by atoms with Crippen LogP contribution in [0, 0.1) is 0 Å². The van der Waals surface area contributed by atoms with E-state index in [1.807, 2.05) is 0 Å². The zero-order valence-electron chi connectivity index (χ0n) is 12.8. The standard InChI is InChI=1S/C11H13BrN2O2/c1-3-16-9-5-7(12)4-8-11(9)13-10(6-15)14(8)2/h4-5,15H,3,6H2,1-2H3/i3D2,6D2. The van der Waals surface area contributed by atoms with Crippen molar-refractivity contribution in [3.8, 4) is 5.75 Å². The minimum Gasteiger partial charge on any atom is -0.491 e. The lowest BCUT2D eigenvalue weighted by atomic mass is 10.3. The second-order valence-electron chi connectivity index (χ2n) is 3.18. The van der Waals surface area contributed by atoms with E-state index in [2.05, 4.69) is 20.9 Å². The fraction of sp³-hybridized carbons (Fsp3) is 0.364.